The van der Waals surface area contributed by atoms with Crippen molar-refractivity contribution in [3.8, 4) is 22.4 Å². The van der Waals surface area contributed by atoms with Gasteiger partial charge in [0.05, 0.1) is 24.3 Å². The van der Waals surface area contributed by atoms with E-state index in [1.807, 2.05) is 25.4 Å². The van der Waals surface area contributed by atoms with Crippen LogP contribution >= 0.6 is 0 Å². The average molecular weight is 293 g/mol. The van der Waals surface area contributed by atoms with E-state index in [4.69, 9.17) is 0 Å². The number of aryl methyl sites for hydroxylation is 1. The van der Waals surface area contributed by atoms with E-state index in [9.17, 15) is 4.39 Å². The molecule has 0 aliphatic carbocycles. The second-order valence-corrected chi connectivity index (χ2v) is 5.07. The Hall–Kier alpha value is -3.02. The Kier molecular flexibility index (Phi) is 2.75. The molecule has 6 heteroatoms. The van der Waals surface area contributed by atoms with Gasteiger partial charge in [-0.15, -0.1) is 0 Å². The Morgan fingerprint density at radius 1 is 0.955 bits per heavy atom. The van der Waals surface area contributed by atoms with Crippen LogP contribution in [0.1, 0.15) is 0 Å². The first-order valence-electron chi connectivity index (χ1n) is 6.79. The van der Waals surface area contributed by atoms with Crippen molar-refractivity contribution in [3.05, 3.63) is 60.9 Å². The third kappa shape index (κ3) is 2.05. The topological polar surface area (TPSA) is 48.0 Å². The number of rotatable bonds is 2. The van der Waals surface area contributed by atoms with E-state index in [2.05, 4.69) is 15.2 Å². The zero-order valence-electron chi connectivity index (χ0n) is 11.8. The SMILES string of the molecule is Cn1cc(-c2cnn3c(-c4cccc(F)c4)cnc3c2)cn1. The van der Waals surface area contributed by atoms with Gasteiger partial charge in [-0.2, -0.15) is 10.2 Å². The molecule has 0 radical (unpaired) electrons. The summed E-state index contributed by atoms with van der Waals surface area (Å²) in [5.74, 6) is -0.278. The quantitative estimate of drug-likeness (QED) is 0.571. The first kappa shape index (κ1) is 12.7. The minimum Gasteiger partial charge on any atom is -0.275 e. The van der Waals surface area contributed by atoms with Crippen LogP contribution in [-0.4, -0.2) is 24.4 Å². The monoisotopic (exact) mass is 293 g/mol. The van der Waals surface area contributed by atoms with Crippen molar-refractivity contribution in [1.82, 2.24) is 24.4 Å². The van der Waals surface area contributed by atoms with Gasteiger partial charge in [0, 0.05) is 29.9 Å². The van der Waals surface area contributed by atoms with E-state index >= 15 is 0 Å². The van der Waals surface area contributed by atoms with E-state index in [1.54, 1.807) is 33.9 Å². The summed E-state index contributed by atoms with van der Waals surface area (Å²) in [5.41, 5.74) is 4.13. The summed E-state index contributed by atoms with van der Waals surface area (Å²) in [5, 5.41) is 8.58. The predicted octanol–water partition coefficient (Wildman–Crippen LogP) is 2.94. The molecule has 0 N–H and O–H groups in total. The van der Waals surface area contributed by atoms with Crippen LogP contribution in [-0.2, 0) is 7.05 Å². The predicted molar refractivity (Wildman–Crippen MR) is 80.6 cm³/mol. The fourth-order valence-corrected chi connectivity index (χ4v) is 2.45. The van der Waals surface area contributed by atoms with Gasteiger partial charge in [-0.3, -0.25) is 4.68 Å². The first-order chi connectivity index (χ1) is 10.7. The smallest absolute Gasteiger partial charge is 0.154 e. The molecule has 0 spiro atoms. The van der Waals surface area contributed by atoms with Gasteiger partial charge in [0.25, 0.3) is 0 Å². The van der Waals surface area contributed by atoms with Crippen molar-refractivity contribution in [2.45, 2.75) is 0 Å². The van der Waals surface area contributed by atoms with Crippen LogP contribution in [0, 0.1) is 5.82 Å². The van der Waals surface area contributed by atoms with Crippen LogP contribution in [0.2, 0.25) is 0 Å². The summed E-state index contributed by atoms with van der Waals surface area (Å²) in [6.07, 6.45) is 7.16. The second kappa shape index (κ2) is 4.77. The van der Waals surface area contributed by atoms with Crippen LogP contribution in [0.5, 0.6) is 0 Å². The first-order valence-corrected chi connectivity index (χ1v) is 6.79. The Bertz CT molecular complexity index is 970. The van der Waals surface area contributed by atoms with Crippen molar-refractivity contribution in [2.75, 3.05) is 0 Å². The minimum absolute atomic E-state index is 0.278. The molecule has 5 nitrogen and oxygen atoms in total. The van der Waals surface area contributed by atoms with Gasteiger partial charge in [-0.1, -0.05) is 12.1 Å². The van der Waals surface area contributed by atoms with Gasteiger partial charge >= 0.3 is 0 Å². The lowest BCUT2D eigenvalue weighted by molar-refractivity contribution is 0.628. The highest BCUT2D eigenvalue weighted by Crippen LogP contribution is 2.23. The number of halogens is 1. The Labute approximate surface area is 125 Å². The van der Waals surface area contributed by atoms with Gasteiger partial charge in [-0.25, -0.2) is 13.9 Å². The highest BCUT2D eigenvalue weighted by molar-refractivity contribution is 5.68. The fraction of sp³-hybridized carbons (Fsp3) is 0.0625. The van der Waals surface area contributed by atoms with Crippen LogP contribution in [0.25, 0.3) is 28.0 Å². The summed E-state index contributed by atoms with van der Waals surface area (Å²) in [7, 11) is 1.87. The molecule has 108 valence electrons. The zero-order valence-corrected chi connectivity index (χ0v) is 11.8. The molecule has 0 unspecified atom stereocenters. The summed E-state index contributed by atoms with van der Waals surface area (Å²) in [6, 6.07) is 8.34. The highest BCUT2D eigenvalue weighted by Gasteiger charge is 2.10. The normalized spacial score (nSPS) is 11.2. The number of hydrogen-bond donors (Lipinski definition) is 0. The molecule has 0 amide bonds. The molecular formula is C16H12FN5. The van der Waals surface area contributed by atoms with Crippen LogP contribution in [0.15, 0.2) is 55.1 Å². The molecule has 22 heavy (non-hydrogen) atoms. The summed E-state index contributed by atoms with van der Waals surface area (Å²) in [4.78, 5) is 4.37. The van der Waals surface area contributed by atoms with Crippen molar-refractivity contribution in [2.24, 2.45) is 7.05 Å². The summed E-state index contributed by atoms with van der Waals surface area (Å²) >= 11 is 0. The maximum absolute atomic E-state index is 13.4. The van der Waals surface area contributed by atoms with Gasteiger partial charge < -0.3 is 0 Å². The van der Waals surface area contributed by atoms with Gasteiger partial charge in [0.15, 0.2) is 5.65 Å². The fourth-order valence-electron chi connectivity index (χ4n) is 2.45. The lowest BCUT2D eigenvalue weighted by Crippen LogP contribution is -1.94. The van der Waals surface area contributed by atoms with E-state index in [0.717, 1.165) is 22.4 Å². The van der Waals surface area contributed by atoms with Gasteiger partial charge in [0.2, 0.25) is 0 Å². The molecule has 4 aromatic rings. The van der Waals surface area contributed by atoms with E-state index in [-0.39, 0.29) is 5.82 Å². The summed E-state index contributed by atoms with van der Waals surface area (Å²) < 4.78 is 16.8. The lowest BCUT2D eigenvalue weighted by Gasteiger charge is -2.02. The molecule has 0 aliphatic rings. The molecule has 0 fully saturated rings. The maximum atomic E-state index is 13.4. The lowest BCUT2D eigenvalue weighted by atomic mass is 10.1. The maximum Gasteiger partial charge on any atom is 0.154 e. The number of fused-ring (bicyclic) bond motifs is 1. The minimum atomic E-state index is -0.278. The van der Waals surface area contributed by atoms with Gasteiger partial charge in [-0.05, 0) is 18.2 Å². The molecule has 0 aliphatic heterocycles. The summed E-state index contributed by atoms with van der Waals surface area (Å²) in [6.45, 7) is 0. The Morgan fingerprint density at radius 2 is 1.82 bits per heavy atom. The number of benzene rings is 1. The van der Waals surface area contributed by atoms with Crippen molar-refractivity contribution >= 4 is 5.65 Å². The largest absolute Gasteiger partial charge is 0.275 e. The second-order valence-electron chi connectivity index (χ2n) is 5.07. The molecular weight excluding hydrogens is 281 g/mol. The van der Waals surface area contributed by atoms with E-state index < -0.39 is 0 Å². The molecule has 3 heterocycles. The number of nitrogens with zero attached hydrogens (tertiary/aromatic N) is 5. The molecule has 1 aromatic carbocycles. The number of hydrogen-bond acceptors (Lipinski definition) is 3. The van der Waals surface area contributed by atoms with Crippen LogP contribution < -0.4 is 0 Å². The third-order valence-electron chi connectivity index (χ3n) is 3.52. The van der Waals surface area contributed by atoms with E-state index in [0.29, 0.717) is 5.65 Å². The number of aromatic nitrogens is 5. The Balaban J connectivity index is 1.84. The van der Waals surface area contributed by atoms with Gasteiger partial charge in [0.1, 0.15) is 5.82 Å². The molecule has 0 atom stereocenters. The zero-order chi connectivity index (χ0) is 15.1. The number of imidazole rings is 1. The molecule has 0 bridgehead atoms. The third-order valence-corrected chi connectivity index (χ3v) is 3.52. The van der Waals surface area contributed by atoms with Crippen molar-refractivity contribution in [3.63, 3.8) is 0 Å². The average Bonchev–Trinajstić information content (AvgIpc) is 3.12. The molecule has 0 saturated heterocycles. The molecule has 3 aromatic heterocycles. The molecule has 0 saturated carbocycles. The van der Waals surface area contributed by atoms with Crippen LogP contribution in [0.4, 0.5) is 4.39 Å². The molecule has 4 rings (SSSR count). The van der Waals surface area contributed by atoms with Crippen molar-refractivity contribution in [1.29, 1.82) is 0 Å². The van der Waals surface area contributed by atoms with Crippen molar-refractivity contribution < 1.29 is 4.39 Å². The Morgan fingerprint density at radius 3 is 2.59 bits per heavy atom. The van der Waals surface area contributed by atoms with Crippen LogP contribution in [0.3, 0.4) is 0 Å². The van der Waals surface area contributed by atoms with E-state index in [1.165, 1.54) is 12.1 Å². The highest BCUT2D eigenvalue weighted by atomic mass is 19.1. The standard InChI is InChI=1S/C16H12FN5/c1-21-10-13(8-19-21)12-6-16-18-9-15(22(16)20-7-12)11-3-2-4-14(17)5-11/h2-10H,1H3.